The summed E-state index contributed by atoms with van der Waals surface area (Å²) in [5.41, 5.74) is -0.631. The number of carbonyl (C=O) groups is 1. The smallest absolute Gasteiger partial charge is 0.325 e. The first-order chi connectivity index (χ1) is 13.2. The molecule has 1 saturated heterocycles. The molecule has 1 saturated carbocycles. The highest BCUT2D eigenvalue weighted by molar-refractivity contribution is 7.87. The van der Waals surface area contributed by atoms with Crippen molar-refractivity contribution in [1.82, 2.24) is 13.9 Å². The Hall–Kier alpha value is -1.48. The van der Waals surface area contributed by atoms with Gasteiger partial charge in [-0.05, 0) is 30.4 Å². The first-order valence-electron chi connectivity index (χ1n) is 9.98. The third-order valence-electron chi connectivity index (χ3n) is 6.10. The van der Waals surface area contributed by atoms with Crippen molar-refractivity contribution < 1.29 is 18.3 Å². The van der Waals surface area contributed by atoms with Crippen molar-refractivity contribution in [3.8, 4) is 0 Å². The number of hydrogen-bond acceptors (Lipinski definition) is 4. The van der Waals surface area contributed by atoms with Crippen molar-refractivity contribution in [3.63, 3.8) is 0 Å². The fourth-order valence-electron chi connectivity index (χ4n) is 4.21. The largest absolute Gasteiger partial charge is 0.480 e. The van der Waals surface area contributed by atoms with Crippen molar-refractivity contribution in [3.05, 3.63) is 35.9 Å². The van der Waals surface area contributed by atoms with Crippen LogP contribution in [0.5, 0.6) is 0 Å². The molecule has 1 heterocycles. The Balaban J connectivity index is 1.68. The Morgan fingerprint density at radius 1 is 1.21 bits per heavy atom. The maximum atomic E-state index is 13.0. The van der Waals surface area contributed by atoms with E-state index in [1.54, 1.807) is 6.92 Å². The van der Waals surface area contributed by atoms with Gasteiger partial charge in [-0.2, -0.15) is 17.4 Å². The molecular formula is C20H31N3O4S. The number of piperazine rings is 1. The molecule has 0 radical (unpaired) electrons. The molecular weight excluding hydrogens is 378 g/mol. The maximum Gasteiger partial charge on any atom is 0.325 e. The molecule has 0 amide bonds. The Kier molecular flexibility index (Phi) is 6.14. The number of hydrogen-bond donors (Lipinski definition) is 2. The van der Waals surface area contributed by atoms with Gasteiger partial charge >= 0.3 is 5.97 Å². The molecule has 1 aliphatic heterocycles. The van der Waals surface area contributed by atoms with Gasteiger partial charge in [0.05, 0.1) is 0 Å². The van der Waals surface area contributed by atoms with Crippen LogP contribution in [0, 0.1) is 11.8 Å². The van der Waals surface area contributed by atoms with Crippen LogP contribution in [0.15, 0.2) is 30.3 Å². The molecule has 156 valence electrons. The van der Waals surface area contributed by atoms with Crippen LogP contribution in [0.2, 0.25) is 0 Å². The molecule has 28 heavy (non-hydrogen) atoms. The van der Waals surface area contributed by atoms with Crippen LogP contribution in [-0.4, -0.2) is 67.0 Å². The average molecular weight is 410 g/mol. The minimum atomic E-state index is -3.88. The fourth-order valence-corrected chi connectivity index (χ4v) is 5.81. The van der Waals surface area contributed by atoms with E-state index in [1.165, 1.54) is 4.31 Å². The lowest BCUT2D eigenvalue weighted by atomic mass is 10.1. The number of carboxylic acids is 1. The molecule has 0 spiro atoms. The van der Waals surface area contributed by atoms with E-state index in [0.29, 0.717) is 32.1 Å². The van der Waals surface area contributed by atoms with Crippen molar-refractivity contribution in [2.24, 2.45) is 11.8 Å². The number of aliphatic carboxylic acids is 1. The molecule has 2 aliphatic rings. The van der Waals surface area contributed by atoms with Crippen molar-refractivity contribution in [2.45, 2.75) is 38.6 Å². The predicted molar refractivity (Wildman–Crippen MR) is 108 cm³/mol. The fraction of sp³-hybridized carbons (Fsp3) is 0.650. The van der Waals surface area contributed by atoms with E-state index in [9.17, 15) is 18.3 Å². The SMILES string of the molecule is CC(C)CCN1CCN(S(=O)(=O)N[C@@]2(C(=O)O)C(C)[C@H]2c2ccccc2)CC1. The molecule has 1 unspecified atom stereocenters. The van der Waals surface area contributed by atoms with Gasteiger partial charge < -0.3 is 10.0 Å². The lowest BCUT2D eigenvalue weighted by molar-refractivity contribution is -0.140. The van der Waals surface area contributed by atoms with Gasteiger partial charge in [-0.3, -0.25) is 4.79 Å². The van der Waals surface area contributed by atoms with Crippen molar-refractivity contribution in [2.75, 3.05) is 32.7 Å². The van der Waals surface area contributed by atoms with Gasteiger partial charge in [-0.25, -0.2) is 0 Å². The first-order valence-corrected chi connectivity index (χ1v) is 11.4. The van der Waals surface area contributed by atoms with Gasteiger partial charge in [0, 0.05) is 32.1 Å². The molecule has 8 heteroatoms. The minimum Gasteiger partial charge on any atom is -0.480 e. The lowest BCUT2D eigenvalue weighted by Crippen LogP contribution is -2.56. The van der Waals surface area contributed by atoms with Crippen LogP contribution < -0.4 is 4.72 Å². The second-order valence-electron chi connectivity index (χ2n) is 8.38. The zero-order valence-corrected chi connectivity index (χ0v) is 17.7. The molecule has 2 fully saturated rings. The Labute approximate surface area is 167 Å². The Morgan fingerprint density at radius 3 is 2.36 bits per heavy atom. The molecule has 3 rings (SSSR count). The molecule has 7 nitrogen and oxygen atoms in total. The summed E-state index contributed by atoms with van der Waals surface area (Å²) in [5, 5.41) is 9.88. The minimum absolute atomic E-state index is 0.311. The van der Waals surface area contributed by atoms with Crippen molar-refractivity contribution >= 4 is 16.2 Å². The number of carboxylic acid groups (broad SMARTS) is 1. The van der Waals surface area contributed by atoms with E-state index in [4.69, 9.17) is 0 Å². The standard InChI is InChI=1S/C20H31N3O4S/c1-15(2)9-10-22-11-13-23(14-12-22)28(26,27)21-20(19(24)25)16(3)18(20)17-7-5-4-6-8-17/h4-8,15-16,18,21H,9-14H2,1-3H3,(H,24,25)/t16?,18-,20-/m0/s1. The van der Waals surface area contributed by atoms with E-state index in [0.717, 1.165) is 18.5 Å². The second-order valence-corrected chi connectivity index (χ2v) is 10.1. The van der Waals surface area contributed by atoms with Crippen LogP contribution >= 0.6 is 0 Å². The molecule has 1 aromatic carbocycles. The molecule has 0 aromatic heterocycles. The van der Waals surface area contributed by atoms with E-state index in [2.05, 4.69) is 23.5 Å². The summed E-state index contributed by atoms with van der Waals surface area (Å²) in [7, 11) is -3.88. The molecule has 0 bridgehead atoms. The van der Waals surface area contributed by atoms with Gasteiger partial charge in [0.15, 0.2) is 0 Å². The Bertz CT molecular complexity index is 791. The second kappa shape index (κ2) is 8.10. The average Bonchev–Trinajstić information content (AvgIpc) is 3.25. The van der Waals surface area contributed by atoms with Gasteiger partial charge in [-0.15, -0.1) is 0 Å². The van der Waals surface area contributed by atoms with Crippen LogP contribution in [-0.2, 0) is 15.0 Å². The van der Waals surface area contributed by atoms with Crippen LogP contribution in [0.1, 0.15) is 38.7 Å². The molecule has 2 N–H and O–H groups in total. The summed E-state index contributed by atoms with van der Waals surface area (Å²) in [6.07, 6.45) is 1.09. The topological polar surface area (TPSA) is 90.0 Å². The van der Waals surface area contributed by atoms with E-state index >= 15 is 0 Å². The third-order valence-corrected chi connectivity index (χ3v) is 7.74. The summed E-state index contributed by atoms with van der Waals surface area (Å²) in [5.74, 6) is -1.18. The highest BCUT2D eigenvalue weighted by Gasteiger charge is 2.70. The predicted octanol–water partition coefficient (Wildman–Crippen LogP) is 1.74. The van der Waals surface area contributed by atoms with Crippen molar-refractivity contribution in [1.29, 1.82) is 0 Å². The number of nitrogens with zero attached hydrogens (tertiary/aromatic N) is 2. The van der Waals surface area contributed by atoms with Crippen LogP contribution in [0.4, 0.5) is 0 Å². The maximum absolute atomic E-state index is 13.0. The van der Waals surface area contributed by atoms with Gasteiger partial charge in [0.2, 0.25) is 0 Å². The summed E-state index contributed by atoms with van der Waals surface area (Å²) >= 11 is 0. The van der Waals surface area contributed by atoms with Crippen LogP contribution in [0.25, 0.3) is 0 Å². The third kappa shape index (κ3) is 4.10. The molecule has 1 aromatic rings. The normalized spacial score (nSPS) is 29.1. The van der Waals surface area contributed by atoms with E-state index in [-0.39, 0.29) is 11.8 Å². The highest BCUT2D eigenvalue weighted by atomic mass is 32.2. The number of rotatable bonds is 8. The Morgan fingerprint density at radius 2 is 1.82 bits per heavy atom. The lowest BCUT2D eigenvalue weighted by Gasteiger charge is -2.35. The number of benzene rings is 1. The van der Waals surface area contributed by atoms with E-state index in [1.807, 2.05) is 30.3 Å². The summed E-state index contributed by atoms with van der Waals surface area (Å²) in [6.45, 7) is 9.22. The zero-order valence-electron chi connectivity index (χ0n) is 16.8. The van der Waals surface area contributed by atoms with Crippen LogP contribution in [0.3, 0.4) is 0 Å². The van der Waals surface area contributed by atoms with E-state index < -0.39 is 21.7 Å². The summed E-state index contributed by atoms with van der Waals surface area (Å²) in [4.78, 5) is 14.4. The van der Waals surface area contributed by atoms with Gasteiger partial charge in [0.25, 0.3) is 10.2 Å². The molecule has 3 atom stereocenters. The van der Waals surface area contributed by atoms with Gasteiger partial charge in [0.1, 0.15) is 5.54 Å². The first kappa shape index (κ1) is 21.2. The quantitative estimate of drug-likeness (QED) is 0.683. The highest BCUT2D eigenvalue weighted by Crippen LogP contribution is 2.57. The number of nitrogens with one attached hydrogen (secondary N) is 1. The van der Waals surface area contributed by atoms with Gasteiger partial charge in [-0.1, -0.05) is 51.1 Å². The zero-order chi connectivity index (χ0) is 20.5. The molecule has 1 aliphatic carbocycles. The summed E-state index contributed by atoms with van der Waals surface area (Å²) in [6, 6.07) is 9.26. The monoisotopic (exact) mass is 409 g/mol. The summed E-state index contributed by atoms with van der Waals surface area (Å²) < 4.78 is 29.9.